The minimum Gasteiger partial charge on any atom is -0.299 e. The van der Waals surface area contributed by atoms with Crippen LogP contribution in [-0.4, -0.2) is 6.29 Å². The first-order valence-corrected chi connectivity index (χ1v) is 2.96. The molecule has 0 aromatic rings. The molecule has 0 heterocycles. The summed E-state index contributed by atoms with van der Waals surface area (Å²) in [6, 6.07) is 0. The van der Waals surface area contributed by atoms with Crippen molar-refractivity contribution in [3.8, 4) is 0 Å². The van der Waals surface area contributed by atoms with Gasteiger partial charge in [0.15, 0.2) is 0 Å². The SMILES string of the molecule is C/C(=C\C=O)C1CC1. The minimum absolute atomic E-state index is 0.750. The zero-order valence-corrected chi connectivity index (χ0v) is 5.05. The molecule has 0 amide bonds. The Morgan fingerprint density at radius 2 is 2.25 bits per heavy atom. The van der Waals surface area contributed by atoms with E-state index in [0.29, 0.717) is 0 Å². The lowest BCUT2D eigenvalue weighted by atomic mass is 10.2. The topological polar surface area (TPSA) is 17.1 Å². The number of rotatable bonds is 2. The maximum Gasteiger partial charge on any atom is 0.142 e. The van der Waals surface area contributed by atoms with Crippen molar-refractivity contribution >= 4 is 6.29 Å². The van der Waals surface area contributed by atoms with Crippen molar-refractivity contribution in [2.75, 3.05) is 0 Å². The highest BCUT2D eigenvalue weighted by Gasteiger charge is 2.22. The van der Waals surface area contributed by atoms with Gasteiger partial charge in [0.1, 0.15) is 6.29 Å². The summed E-state index contributed by atoms with van der Waals surface area (Å²) in [6.07, 6.45) is 5.11. The molecule has 0 atom stereocenters. The van der Waals surface area contributed by atoms with Crippen LogP contribution in [-0.2, 0) is 4.79 Å². The van der Waals surface area contributed by atoms with Crippen LogP contribution in [0.2, 0.25) is 0 Å². The van der Waals surface area contributed by atoms with Gasteiger partial charge in [-0.05, 0) is 31.8 Å². The van der Waals surface area contributed by atoms with Crippen LogP contribution >= 0.6 is 0 Å². The molecule has 0 bridgehead atoms. The second kappa shape index (κ2) is 2.12. The van der Waals surface area contributed by atoms with Gasteiger partial charge < -0.3 is 0 Å². The molecule has 1 nitrogen and oxygen atoms in total. The molecule has 0 saturated heterocycles. The Kier molecular flexibility index (Phi) is 1.47. The Hall–Kier alpha value is -0.590. The smallest absolute Gasteiger partial charge is 0.142 e. The Morgan fingerprint density at radius 3 is 2.62 bits per heavy atom. The molecule has 0 aliphatic heterocycles. The third-order valence-electron chi connectivity index (χ3n) is 1.55. The summed E-state index contributed by atoms with van der Waals surface area (Å²) >= 11 is 0. The number of carbonyl (C=O) groups is 1. The standard InChI is InChI=1S/C7H10O/c1-6(4-5-8)7-2-3-7/h4-5,7H,2-3H2,1H3/b6-4+. The molecule has 8 heavy (non-hydrogen) atoms. The summed E-state index contributed by atoms with van der Waals surface area (Å²) in [5.74, 6) is 0.750. The van der Waals surface area contributed by atoms with Gasteiger partial charge in [0.2, 0.25) is 0 Å². The second-order valence-electron chi connectivity index (χ2n) is 2.32. The van der Waals surface area contributed by atoms with E-state index in [1.54, 1.807) is 6.08 Å². The van der Waals surface area contributed by atoms with Gasteiger partial charge in [0, 0.05) is 0 Å². The number of carbonyl (C=O) groups excluding carboxylic acids is 1. The summed E-state index contributed by atoms with van der Waals surface area (Å²) in [4.78, 5) is 9.87. The van der Waals surface area contributed by atoms with E-state index in [0.717, 1.165) is 12.2 Å². The van der Waals surface area contributed by atoms with Gasteiger partial charge in [0.05, 0.1) is 0 Å². The van der Waals surface area contributed by atoms with Crippen molar-refractivity contribution in [2.45, 2.75) is 19.8 Å². The van der Waals surface area contributed by atoms with E-state index in [2.05, 4.69) is 0 Å². The highest BCUT2D eigenvalue weighted by atomic mass is 16.1. The van der Waals surface area contributed by atoms with Crippen molar-refractivity contribution < 1.29 is 4.79 Å². The molecule has 1 saturated carbocycles. The first-order chi connectivity index (χ1) is 3.84. The first-order valence-electron chi connectivity index (χ1n) is 2.96. The third-order valence-corrected chi connectivity index (χ3v) is 1.55. The molecule has 0 unspecified atom stereocenters. The molecular formula is C7H10O. The van der Waals surface area contributed by atoms with Crippen LogP contribution < -0.4 is 0 Å². The third kappa shape index (κ3) is 1.19. The lowest BCUT2D eigenvalue weighted by molar-refractivity contribution is -0.104. The van der Waals surface area contributed by atoms with E-state index in [4.69, 9.17) is 0 Å². The zero-order valence-electron chi connectivity index (χ0n) is 5.05. The quantitative estimate of drug-likeness (QED) is 0.389. The molecule has 1 aliphatic carbocycles. The highest BCUT2D eigenvalue weighted by Crippen LogP contribution is 2.35. The van der Waals surface area contributed by atoms with Gasteiger partial charge in [-0.25, -0.2) is 0 Å². The van der Waals surface area contributed by atoms with Gasteiger partial charge in [-0.1, -0.05) is 5.57 Å². The Bertz CT molecular complexity index is 120. The van der Waals surface area contributed by atoms with Crippen LogP contribution in [0.4, 0.5) is 0 Å². The number of hydrogen-bond donors (Lipinski definition) is 0. The summed E-state index contributed by atoms with van der Waals surface area (Å²) in [6.45, 7) is 2.02. The van der Waals surface area contributed by atoms with Crippen LogP contribution in [0.25, 0.3) is 0 Å². The molecule has 0 radical (unpaired) electrons. The monoisotopic (exact) mass is 110 g/mol. The van der Waals surface area contributed by atoms with Crippen LogP contribution in [0.15, 0.2) is 11.6 Å². The Balaban J connectivity index is 2.41. The fourth-order valence-corrected chi connectivity index (χ4v) is 0.782. The van der Waals surface area contributed by atoms with Crippen molar-refractivity contribution in [1.82, 2.24) is 0 Å². The number of allylic oxidation sites excluding steroid dienone is 2. The molecule has 1 aliphatic rings. The fourth-order valence-electron chi connectivity index (χ4n) is 0.782. The van der Waals surface area contributed by atoms with E-state index in [-0.39, 0.29) is 0 Å². The molecule has 0 N–H and O–H groups in total. The number of aldehydes is 1. The first kappa shape index (κ1) is 5.54. The molecule has 1 fully saturated rings. The predicted octanol–water partition coefficient (Wildman–Crippen LogP) is 1.54. The minimum atomic E-state index is 0.750. The van der Waals surface area contributed by atoms with Crippen molar-refractivity contribution in [3.05, 3.63) is 11.6 Å². The summed E-state index contributed by atoms with van der Waals surface area (Å²) in [7, 11) is 0. The zero-order chi connectivity index (χ0) is 5.98. The van der Waals surface area contributed by atoms with E-state index >= 15 is 0 Å². The van der Waals surface area contributed by atoms with Crippen LogP contribution in [0, 0.1) is 5.92 Å². The summed E-state index contributed by atoms with van der Waals surface area (Å²) in [5.41, 5.74) is 1.25. The van der Waals surface area contributed by atoms with Crippen LogP contribution in [0.5, 0.6) is 0 Å². The number of hydrogen-bond acceptors (Lipinski definition) is 1. The highest BCUT2D eigenvalue weighted by molar-refractivity contribution is 5.66. The molecular weight excluding hydrogens is 100 g/mol. The van der Waals surface area contributed by atoms with Crippen molar-refractivity contribution in [3.63, 3.8) is 0 Å². The van der Waals surface area contributed by atoms with Gasteiger partial charge >= 0.3 is 0 Å². The molecule has 1 heteroatoms. The Labute approximate surface area is 49.4 Å². The molecule has 44 valence electrons. The van der Waals surface area contributed by atoms with E-state index in [1.807, 2.05) is 6.92 Å². The molecule has 0 aromatic heterocycles. The van der Waals surface area contributed by atoms with E-state index in [1.165, 1.54) is 18.4 Å². The van der Waals surface area contributed by atoms with Crippen molar-refractivity contribution in [1.29, 1.82) is 0 Å². The van der Waals surface area contributed by atoms with Gasteiger partial charge in [-0.2, -0.15) is 0 Å². The largest absolute Gasteiger partial charge is 0.299 e. The van der Waals surface area contributed by atoms with Crippen LogP contribution in [0.1, 0.15) is 19.8 Å². The average Bonchev–Trinajstić information content (AvgIpc) is 2.45. The van der Waals surface area contributed by atoms with Crippen molar-refractivity contribution in [2.24, 2.45) is 5.92 Å². The summed E-state index contributed by atoms with van der Waals surface area (Å²) < 4.78 is 0. The van der Waals surface area contributed by atoms with Gasteiger partial charge in [0.25, 0.3) is 0 Å². The van der Waals surface area contributed by atoms with Crippen LogP contribution in [0.3, 0.4) is 0 Å². The normalized spacial score (nSPS) is 20.9. The predicted molar refractivity (Wildman–Crippen MR) is 32.5 cm³/mol. The second-order valence-corrected chi connectivity index (χ2v) is 2.32. The maximum absolute atomic E-state index is 9.87. The molecule has 0 aromatic carbocycles. The molecule has 0 spiro atoms. The lowest BCUT2D eigenvalue weighted by Gasteiger charge is -1.88. The average molecular weight is 110 g/mol. The fraction of sp³-hybridized carbons (Fsp3) is 0.571. The molecule has 1 rings (SSSR count). The van der Waals surface area contributed by atoms with Gasteiger partial charge in [-0.15, -0.1) is 0 Å². The summed E-state index contributed by atoms with van der Waals surface area (Å²) in [5, 5.41) is 0. The van der Waals surface area contributed by atoms with E-state index < -0.39 is 0 Å². The maximum atomic E-state index is 9.87. The lowest BCUT2D eigenvalue weighted by Crippen LogP contribution is -1.76. The van der Waals surface area contributed by atoms with E-state index in [9.17, 15) is 4.79 Å². The van der Waals surface area contributed by atoms with Gasteiger partial charge in [-0.3, -0.25) is 4.79 Å². The Morgan fingerprint density at radius 1 is 1.62 bits per heavy atom.